The lowest BCUT2D eigenvalue weighted by Gasteiger charge is -2.25. The maximum atomic E-state index is 12.4. The molecule has 1 amide bonds. The Morgan fingerprint density at radius 3 is 2.95 bits per heavy atom. The van der Waals surface area contributed by atoms with E-state index in [2.05, 4.69) is 10.3 Å². The number of carbonyl (C=O) groups excluding carboxylic acids is 1. The molecule has 21 heavy (non-hydrogen) atoms. The molecule has 2 rings (SSSR count). The van der Waals surface area contributed by atoms with Crippen LogP contribution in [0.15, 0.2) is 5.38 Å². The third-order valence-corrected chi connectivity index (χ3v) is 3.89. The van der Waals surface area contributed by atoms with E-state index in [4.69, 9.17) is 4.74 Å². The molecule has 0 aliphatic carbocycles. The van der Waals surface area contributed by atoms with Gasteiger partial charge in [-0.1, -0.05) is 0 Å². The standard InChI is InChI=1S/C12H16F3N3O2S/c1-18(11(19)4-8-6-20-3-2-16-8)5-10-17-9(7-21-10)12(13,14)15/h7-8,16H,2-6H2,1H3. The van der Waals surface area contributed by atoms with Crippen LogP contribution >= 0.6 is 11.3 Å². The van der Waals surface area contributed by atoms with Gasteiger partial charge in [0.25, 0.3) is 0 Å². The van der Waals surface area contributed by atoms with Crippen molar-refractivity contribution in [1.29, 1.82) is 0 Å². The van der Waals surface area contributed by atoms with Gasteiger partial charge < -0.3 is 15.0 Å². The van der Waals surface area contributed by atoms with E-state index in [0.29, 0.717) is 19.8 Å². The van der Waals surface area contributed by atoms with E-state index in [1.165, 1.54) is 4.90 Å². The fourth-order valence-corrected chi connectivity index (χ4v) is 2.78. The average Bonchev–Trinajstić information content (AvgIpc) is 2.88. The number of aromatic nitrogens is 1. The summed E-state index contributed by atoms with van der Waals surface area (Å²) < 4.78 is 42.6. The van der Waals surface area contributed by atoms with Crippen molar-refractivity contribution in [3.63, 3.8) is 0 Å². The van der Waals surface area contributed by atoms with E-state index in [1.807, 2.05) is 0 Å². The summed E-state index contributed by atoms with van der Waals surface area (Å²) in [7, 11) is 1.56. The third kappa shape index (κ3) is 4.65. The van der Waals surface area contributed by atoms with Gasteiger partial charge in [-0.25, -0.2) is 4.98 Å². The number of hydrogen-bond donors (Lipinski definition) is 1. The number of morpholine rings is 1. The highest BCUT2D eigenvalue weighted by atomic mass is 32.1. The van der Waals surface area contributed by atoms with Gasteiger partial charge in [0, 0.05) is 31.4 Å². The van der Waals surface area contributed by atoms with Crippen molar-refractivity contribution >= 4 is 17.2 Å². The molecule has 9 heteroatoms. The molecule has 1 atom stereocenters. The Bertz CT molecular complexity index is 486. The molecule has 5 nitrogen and oxygen atoms in total. The Balaban J connectivity index is 1.86. The number of alkyl halides is 3. The van der Waals surface area contributed by atoms with E-state index in [1.54, 1.807) is 7.05 Å². The Hall–Kier alpha value is -1.19. The Labute approximate surface area is 124 Å². The molecule has 1 aliphatic rings. The zero-order valence-corrected chi connectivity index (χ0v) is 12.3. The van der Waals surface area contributed by atoms with Gasteiger partial charge in [0.1, 0.15) is 5.01 Å². The van der Waals surface area contributed by atoms with Crippen molar-refractivity contribution in [3.8, 4) is 0 Å². The van der Waals surface area contributed by atoms with Crippen molar-refractivity contribution in [2.24, 2.45) is 0 Å². The number of nitrogens with one attached hydrogen (secondary N) is 1. The van der Waals surface area contributed by atoms with Gasteiger partial charge >= 0.3 is 6.18 Å². The minimum atomic E-state index is -4.44. The van der Waals surface area contributed by atoms with Gasteiger partial charge in [-0.05, 0) is 0 Å². The molecule has 0 aromatic carbocycles. The molecule has 1 aromatic heterocycles. The van der Waals surface area contributed by atoms with Crippen LogP contribution in [0, 0.1) is 0 Å². The SMILES string of the molecule is CN(Cc1nc(C(F)(F)F)cs1)C(=O)CC1COCCN1. The molecular weight excluding hydrogens is 307 g/mol. The third-order valence-electron chi connectivity index (χ3n) is 3.06. The van der Waals surface area contributed by atoms with Crippen LogP contribution in [0.1, 0.15) is 17.1 Å². The van der Waals surface area contributed by atoms with Gasteiger partial charge in [-0.3, -0.25) is 4.79 Å². The fraction of sp³-hybridized carbons (Fsp3) is 0.667. The molecule has 1 unspecified atom stereocenters. The number of halogens is 3. The van der Waals surface area contributed by atoms with Crippen LogP contribution in [0.3, 0.4) is 0 Å². The zero-order chi connectivity index (χ0) is 15.5. The van der Waals surface area contributed by atoms with Crippen LogP contribution in [0.25, 0.3) is 0 Å². The highest BCUT2D eigenvalue weighted by Gasteiger charge is 2.33. The van der Waals surface area contributed by atoms with Gasteiger partial charge in [0.2, 0.25) is 5.91 Å². The van der Waals surface area contributed by atoms with Crippen LogP contribution < -0.4 is 5.32 Å². The van der Waals surface area contributed by atoms with Crippen LogP contribution in [0.4, 0.5) is 13.2 Å². The minimum absolute atomic E-state index is 0.0456. The first-order chi connectivity index (χ1) is 9.86. The maximum Gasteiger partial charge on any atom is 0.434 e. The number of amides is 1. The molecule has 1 aromatic rings. The number of thiazole rings is 1. The van der Waals surface area contributed by atoms with E-state index in [-0.39, 0.29) is 29.9 Å². The maximum absolute atomic E-state index is 12.4. The molecular formula is C12H16F3N3O2S. The lowest BCUT2D eigenvalue weighted by Crippen LogP contribution is -2.44. The van der Waals surface area contributed by atoms with E-state index >= 15 is 0 Å². The van der Waals surface area contributed by atoms with E-state index in [9.17, 15) is 18.0 Å². The lowest BCUT2D eigenvalue weighted by atomic mass is 10.2. The molecule has 1 aliphatic heterocycles. The number of nitrogens with zero attached hydrogens (tertiary/aromatic N) is 2. The molecule has 0 radical (unpaired) electrons. The monoisotopic (exact) mass is 323 g/mol. The summed E-state index contributed by atoms with van der Waals surface area (Å²) in [6.07, 6.45) is -4.19. The van der Waals surface area contributed by atoms with Crippen LogP contribution in [0.2, 0.25) is 0 Å². The van der Waals surface area contributed by atoms with Gasteiger partial charge in [0.15, 0.2) is 5.69 Å². The van der Waals surface area contributed by atoms with Gasteiger partial charge in [-0.2, -0.15) is 13.2 Å². The minimum Gasteiger partial charge on any atom is -0.378 e. The quantitative estimate of drug-likeness (QED) is 0.912. The number of carbonyl (C=O) groups is 1. The summed E-state index contributed by atoms with van der Waals surface area (Å²) in [4.78, 5) is 16.9. The fourth-order valence-electron chi connectivity index (χ4n) is 1.92. The Kier molecular flexibility index (Phi) is 5.17. The average molecular weight is 323 g/mol. The van der Waals surface area contributed by atoms with Crippen molar-refractivity contribution < 1.29 is 22.7 Å². The molecule has 1 saturated heterocycles. The summed E-state index contributed by atoms with van der Waals surface area (Å²) in [5.41, 5.74) is -0.911. The first-order valence-corrected chi connectivity index (χ1v) is 7.31. The molecule has 118 valence electrons. The second kappa shape index (κ2) is 6.71. The lowest BCUT2D eigenvalue weighted by molar-refractivity contribution is -0.140. The largest absolute Gasteiger partial charge is 0.434 e. The topological polar surface area (TPSA) is 54.5 Å². The van der Waals surface area contributed by atoms with Crippen molar-refractivity contribution in [2.75, 3.05) is 26.8 Å². The number of rotatable bonds is 4. The molecule has 0 saturated carbocycles. The smallest absolute Gasteiger partial charge is 0.378 e. The van der Waals surface area contributed by atoms with E-state index in [0.717, 1.165) is 16.7 Å². The predicted molar refractivity (Wildman–Crippen MR) is 70.8 cm³/mol. The van der Waals surface area contributed by atoms with Crippen molar-refractivity contribution in [2.45, 2.75) is 25.2 Å². The second-order valence-corrected chi connectivity index (χ2v) is 5.75. The van der Waals surface area contributed by atoms with Gasteiger partial charge in [-0.15, -0.1) is 11.3 Å². The molecule has 1 fully saturated rings. The second-order valence-electron chi connectivity index (χ2n) is 4.80. The van der Waals surface area contributed by atoms with Crippen LogP contribution in [0.5, 0.6) is 0 Å². The van der Waals surface area contributed by atoms with Crippen LogP contribution in [-0.4, -0.2) is 48.6 Å². The molecule has 2 heterocycles. The van der Waals surface area contributed by atoms with Gasteiger partial charge in [0.05, 0.1) is 19.8 Å². The first kappa shape index (κ1) is 16.2. The van der Waals surface area contributed by atoms with E-state index < -0.39 is 11.9 Å². The summed E-state index contributed by atoms with van der Waals surface area (Å²) in [6, 6.07) is -0.0456. The number of hydrogen-bond acceptors (Lipinski definition) is 5. The predicted octanol–water partition coefficient (Wildman–Crippen LogP) is 1.50. The Morgan fingerprint density at radius 2 is 2.38 bits per heavy atom. The zero-order valence-electron chi connectivity index (χ0n) is 11.4. The summed E-state index contributed by atoms with van der Waals surface area (Å²) in [5.74, 6) is -0.151. The van der Waals surface area contributed by atoms with Crippen molar-refractivity contribution in [1.82, 2.24) is 15.2 Å². The number of ether oxygens (including phenoxy) is 1. The molecule has 1 N–H and O–H groups in total. The summed E-state index contributed by atoms with van der Waals surface area (Å²) in [5, 5.41) is 4.39. The highest BCUT2D eigenvalue weighted by molar-refractivity contribution is 7.09. The van der Waals surface area contributed by atoms with Crippen LogP contribution in [-0.2, 0) is 22.3 Å². The molecule has 0 bridgehead atoms. The summed E-state index contributed by atoms with van der Waals surface area (Å²) in [6.45, 7) is 1.87. The molecule has 0 spiro atoms. The first-order valence-electron chi connectivity index (χ1n) is 6.43. The normalized spacial score (nSPS) is 19.5. The van der Waals surface area contributed by atoms with Crippen molar-refractivity contribution in [3.05, 3.63) is 16.1 Å². The Morgan fingerprint density at radius 1 is 1.62 bits per heavy atom. The summed E-state index contributed by atoms with van der Waals surface area (Å²) >= 11 is 0.903. The highest BCUT2D eigenvalue weighted by Crippen LogP contribution is 2.30.